The summed E-state index contributed by atoms with van der Waals surface area (Å²) in [5.41, 5.74) is 0.750. The zero-order valence-corrected chi connectivity index (χ0v) is 13.0. The molecule has 1 aliphatic rings. The van der Waals surface area contributed by atoms with Crippen molar-refractivity contribution in [2.24, 2.45) is 5.41 Å². The first-order chi connectivity index (χ1) is 10.1. The highest BCUT2D eigenvalue weighted by Gasteiger charge is 2.40. The highest BCUT2D eigenvalue weighted by atomic mass is 16.5. The lowest BCUT2D eigenvalue weighted by atomic mass is 9.75. The molecule has 1 aliphatic heterocycles. The van der Waals surface area contributed by atoms with E-state index in [1.54, 1.807) is 7.11 Å². The molecule has 116 valence electrons. The molecule has 1 aromatic carbocycles. The van der Waals surface area contributed by atoms with Gasteiger partial charge < -0.3 is 9.84 Å². The van der Waals surface area contributed by atoms with Crippen LogP contribution in [0.3, 0.4) is 0 Å². The van der Waals surface area contributed by atoms with Crippen molar-refractivity contribution < 1.29 is 14.6 Å². The van der Waals surface area contributed by atoms with Crippen molar-refractivity contribution in [3.8, 4) is 5.75 Å². The van der Waals surface area contributed by atoms with Crippen molar-refractivity contribution in [2.75, 3.05) is 20.2 Å². The van der Waals surface area contributed by atoms with Gasteiger partial charge in [-0.2, -0.15) is 0 Å². The van der Waals surface area contributed by atoms with Crippen LogP contribution in [0.1, 0.15) is 38.2 Å². The molecule has 4 heteroatoms. The van der Waals surface area contributed by atoms with Gasteiger partial charge in [0.25, 0.3) is 0 Å². The zero-order chi connectivity index (χ0) is 15.3. The SMILES string of the molecule is CCCC1(C(=O)O)CCN(Cc2ccc(OC)cc2)CC1. The largest absolute Gasteiger partial charge is 0.497 e. The molecule has 1 N–H and O–H groups in total. The standard InChI is InChI=1S/C17H25NO3/c1-3-8-17(16(19)20)9-11-18(12-10-17)13-14-4-6-15(21-2)7-5-14/h4-7H,3,8-13H2,1-2H3,(H,19,20). The van der Waals surface area contributed by atoms with Gasteiger partial charge in [-0.15, -0.1) is 0 Å². The predicted octanol–water partition coefficient (Wildman–Crippen LogP) is 3.16. The molecule has 1 saturated heterocycles. The first kappa shape index (κ1) is 15.8. The number of hydrogen-bond donors (Lipinski definition) is 1. The van der Waals surface area contributed by atoms with Crippen LogP contribution in [0.4, 0.5) is 0 Å². The fourth-order valence-electron chi connectivity index (χ4n) is 3.18. The molecule has 4 nitrogen and oxygen atoms in total. The molecular weight excluding hydrogens is 266 g/mol. The predicted molar refractivity (Wildman–Crippen MR) is 82.5 cm³/mol. The number of piperidine rings is 1. The third-order valence-corrected chi connectivity index (χ3v) is 4.56. The Kier molecular flexibility index (Phi) is 5.23. The number of benzene rings is 1. The summed E-state index contributed by atoms with van der Waals surface area (Å²) in [5.74, 6) is 0.249. The van der Waals surface area contributed by atoms with Crippen LogP contribution in [0.25, 0.3) is 0 Å². The summed E-state index contributed by atoms with van der Waals surface area (Å²) < 4.78 is 5.16. The van der Waals surface area contributed by atoms with E-state index in [0.29, 0.717) is 0 Å². The van der Waals surface area contributed by atoms with Crippen molar-refractivity contribution in [2.45, 2.75) is 39.2 Å². The van der Waals surface area contributed by atoms with Gasteiger partial charge in [0.05, 0.1) is 12.5 Å². The molecular formula is C17H25NO3. The number of carboxylic acids is 1. The second kappa shape index (κ2) is 6.94. The average molecular weight is 291 g/mol. The fourth-order valence-corrected chi connectivity index (χ4v) is 3.18. The summed E-state index contributed by atoms with van der Waals surface area (Å²) in [5, 5.41) is 9.52. The van der Waals surface area contributed by atoms with Gasteiger partial charge in [0.15, 0.2) is 0 Å². The van der Waals surface area contributed by atoms with Crippen molar-refractivity contribution in [1.29, 1.82) is 0 Å². The molecule has 0 aliphatic carbocycles. The van der Waals surface area contributed by atoms with E-state index in [2.05, 4.69) is 24.0 Å². The second-order valence-corrected chi connectivity index (χ2v) is 5.96. The van der Waals surface area contributed by atoms with E-state index in [1.165, 1.54) is 5.56 Å². The summed E-state index contributed by atoms with van der Waals surface area (Å²) >= 11 is 0. The number of nitrogens with zero attached hydrogens (tertiary/aromatic N) is 1. The molecule has 0 saturated carbocycles. The second-order valence-electron chi connectivity index (χ2n) is 5.96. The highest BCUT2D eigenvalue weighted by molar-refractivity contribution is 5.74. The normalized spacial score (nSPS) is 18.4. The monoisotopic (exact) mass is 291 g/mol. The Morgan fingerprint density at radius 1 is 1.29 bits per heavy atom. The van der Waals surface area contributed by atoms with Crippen LogP contribution in [0.2, 0.25) is 0 Å². The highest BCUT2D eigenvalue weighted by Crippen LogP contribution is 2.36. The van der Waals surface area contributed by atoms with E-state index in [0.717, 1.165) is 51.1 Å². The lowest BCUT2D eigenvalue weighted by Crippen LogP contribution is -2.44. The van der Waals surface area contributed by atoms with Crippen LogP contribution in [0.5, 0.6) is 5.75 Å². The maximum absolute atomic E-state index is 11.6. The Morgan fingerprint density at radius 3 is 2.38 bits per heavy atom. The summed E-state index contributed by atoms with van der Waals surface area (Å²) in [6.45, 7) is 4.66. The van der Waals surface area contributed by atoms with Gasteiger partial charge in [-0.05, 0) is 50.0 Å². The summed E-state index contributed by atoms with van der Waals surface area (Å²) in [6, 6.07) is 8.09. The Balaban J connectivity index is 1.92. The van der Waals surface area contributed by atoms with Crippen molar-refractivity contribution in [3.63, 3.8) is 0 Å². The summed E-state index contributed by atoms with van der Waals surface area (Å²) in [7, 11) is 1.67. The average Bonchev–Trinajstić information content (AvgIpc) is 2.50. The first-order valence-corrected chi connectivity index (χ1v) is 7.68. The summed E-state index contributed by atoms with van der Waals surface area (Å²) in [6.07, 6.45) is 3.24. The molecule has 0 atom stereocenters. The van der Waals surface area contributed by atoms with Crippen molar-refractivity contribution in [3.05, 3.63) is 29.8 Å². The van der Waals surface area contributed by atoms with Gasteiger partial charge >= 0.3 is 5.97 Å². The number of carboxylic acid groups (broad SMARTS) is 1. The molecule has 1 aromatic rings. The molecule has 0 radical (unpaired) electrons. The molecule has 1 heterocycles. The number of likely N-dealkylation sites (tertiary alicyclic amines) is 1. The van der Waals surface area contributed by atoms with Gasteiger partial charge in [0.2, 0.25) is 0 Å². The van der Waals surface area contributed by atoms with E-state index in [4.69, 9.17) is 4.74 Å². The topological polar surface area (TPSA) is 49.8 Å². The van der Waals surface area contributed by atoms with Crippen molar-refractivity contribution in [1.82, 2.24) is 4.90 Å². The number of hydrogen-bond acceptors (Lipinski definition) is 3. The number of ether oxygens (including phenoxy) is 1. The molecule has 1 fully saturated rings. The van der Waals surface area contributed by atoms with Crippen molar-refractivity contribution >= 4 is 5.97 Å². The molecule has 0 unspecified atom stereocenters. The Morgan fingerprint density at radius 2 is 1.90 bits per heavy atom. The van der Waals surface area contributed by atoms with E-state index in [-0.39, 0.29) is 0 Å². The Bertz CT molecular complexity index is 461. The first-order valence-electron chi connectivity index (χ1n) is 7.68. The minimum atomic E-state index is -0.617. The van der Waals surface area contributed by atoms with Crippen LogP contribution in [-0.4, -0.2) is 36.2 Å². The van der Waals surface area contributed by atoms with Gasteiger partial charge in [0.1, 0.15) is 5.75 Å². The lowest BCUT2D eigenvalue weighted by molar-refractivity contribution is -0.152. The molecule has 0 bridgehead atoms. The summed E-state index contributed by atoms with van der Waals surface area (Å²) in [4.78, 5) is 13.9. The molecule has 0 amide bonds. The number of carbonyl (C=O) groups is 1. The third-order valence-electron chi connectivity index (χ3n) is 4.56. The fraction of sp³-hybridized carbons (Fsp3) is 0.588. The van der Waals surface area contributed by atoms with Crippen LogP contribution in [-0.2, 0) is 11.3 Å². The van der Waals surface area contributed by atoms with E-state index >= 15 is 0 Å². The van der Waals surface area contributed by atoms with Crippen LogP contribution < -0.4 is 4.74 Å². The van der Waals surface area contributed by atoms with E-state index < -0.39 is 11.4 Å². The van der Waals surface area contributed by atoms with Gasteiger partial charge in [0, 0.05) is 6.54 Å². The molecule has 21 heavy (non-hydrogen) atoms. The smallest absolute Gasteiger partial charge is 0.309 e. The van der Waals surface area contributed by atoms with Crippen LogP contribution in [0.15, 0.2) is 24.3 Å². The number of methoxy groups -OCH3 is 1. The number of rotatable bonds is 6. The quantitative estimate of drug-likeness (QED) is 0.874. The minimum absolute atomic E-state index is 0.495. The Labute approximate surface area is 126 Å². The van der Waals surface area contributed by atoms with E-state index in [1.807, 2.05) is 12.1 Å². The molecule has 2 rings (SSSR count). The lowest BCUT2D eigenvalue weighted by Gasteiger charge is -2.38. The zero-order valence-electron chi connectivity index (χ0n) is 13.0. The van der Waals surface area contributed by atoms with Gasteiger partial charge in [-0.25, -0.2) is 0 Å². The van der Waals surface area contributed by atoms with E-state index in [9.17, 15) is 9.90 Å². The third kappa shape index (κ3) is 3.76. The molecule has 0 spiro atoms. The van der Waals surface area contributed by atoms with Gasteiger partial charge in [-0.1, -0.05) is 25.5 Å². The Hall–Kier alpha value is -1.55. The van der Waals surface area contributed by atoms with Crippen LogP contribution >= 0.6 is 0 Å². The van der Waals surface area contributed by atoms with Crippen LogP contribution in [0, 0.1) is 5.41 Å². The maximum atomic E-state index is 11.6. The number of aliphatic carboxylic acids is 1. The van der Waals surface area contributed by atoms with Gasteiger partial charge in [-0.3, -0.25) is 9.69 Å². The minimum Gasteiger partial charge on any atom is -0.497 e. The molecule has 0 aromatic heterocycles. The maximum Gasteiger partial charge on any atom is 0.309 e.